The third kappa shape index (κ3) is 3.33. The Kier molecular flexibility index (Phi) is 4.79. The van der Waals surface area contributed by atoms with E-state index in [9.17, 15) is 4.79 Å². The summed E-state index contributed by atoms with van der Waals surface area (Å²) in [6.45, 7) is 9.50. The van der Waals surface area contributed by atoms with E-state index >= 15 is 0 Å². The van der Waals surface area contributed by atoms with Crippen LogP contribution in [-0.4, -0.2) is 61.1 Å². The third-order valence-electron chi connectivity index (χ3n) is 4.92. The molecule has 0 N–H and O–H groups in total. The van der Waals surface area contributed by atoms with Gasteiger partial charge in [-0.25, -0.2) is 0 Å². The Morgan fingerprint density at radius 2 is 1.77 bits per heavy atom. The van der Waals surface area contributed by atoms with Crippen molar-refractivity contribution < 1.29 is 9.53 Å². The van der Waals surface area contributed by atoms with Gasteiger partial charge in [0.15, 0.2) is 0 Å². The summed E-state index contributed by atoms with van der Waals surface area (Å²) in [5, 5.41) is 0. The van der Waals surface area contributed by atoms with Crippen molar-refractivity contribution in [3.05, 3.63) is 34.9 Å². The molecule has 3 rings (SSSR count). The van der Waals surface area contributed by atoms with Crippen molar-refractivity contribution in [2.24, 2.45) is 0 Å². The van der Waals surface area contributed by atoms with Crippen LogP contribution in [0, 0.1) is 13.8 Å². The molecule has 2 heterocycles. The zero-order valence-corrected chi connectivity index (χ0v) is 13.7. The maximum absolute atomic E-state index is 12.7. The zero-order valence-electron chi connectivity index (χ0n) is 13.7. The number of carbonyl (C=O) groups is 1. The zero-order chi connectivity index (χ0) is 15.5. The molecule has 0 atom stereocenters. The van der Waals surface area contributed by atoms with Gasteiger partial charge in [0, 0.05) is 51.0 Å². The molecule has 2 fully saturated rings. The molecule has 0 saturated carbocycles. The predicted molar refractivity (Wildman–Crippen MR) is 87.2 cm³/mol. The molecule has 0 unspecified atom stereocenters. The Labute approximate surface area is 133 Å². The van der Waals surface area contributed by atoms with Crippen LogP contribution in [0.5, 0.6) is 0 Å². The van der Waals surface area contributed by atoms with Gasteiger partial charge in [-0.1, -0.05) is 17.7 Å². The van der Waals surface area contributed by atoms with Gasteiger partial charge in [-0.3, -0.25) is 9.69 Å². The quantitative estimate of drug-likeness (QED) is 0.840. The Bertz CT molecular complexity index is 530. The average molecular weight is 302 g/mol. The maximum Gasteiger partial charge on any atom is 0.254 e. The molecule has 0 radical (unpaired) electrons. The molecule has 0 spiro atoms. The second kappa shape index (κ2) is 6.80. The lowest BCUT2D eigenvalue weighted by Crippen LogP contribution is -2.53. The van der Waals surface area contributed by atoms with Crippen LogP contribution in [0.15, 0.2) is 18.2 Å². The Hall–Kier alpha value is -1.39. The summed E-state index contributed by atoms with van der Waals surface area (Å²) >= 11 is 0. The van der Waals surface area contributed by atoms with Gasteiger partial charge in [-0.15, -0.1) is 0 Å². The van der Waals surface area contributed by atoms with E-state index in [1.807, 2.05) is 24.0 Å². The molecule has 4 nitrogen and oxygen atoms in total. The summed E-state index contributed by atoms with van der Waals surface area (Å²) in [5.41, 5.74) is 3.14. The number of hydrogen-bond donors (Lipinski definition) is 0. The smallest absolute Gasteiger partial charge is 0.254 e. The molecule has 0 bridgehead atoms. The molecule has 120 valence electrons. The van der Waals surface area contributed by atoms with Crippen molar-refractivity contribution in [2.75, 3.05) is 39.4 Å². The van der Waals surface area contributed by atoms with Crippen LogP contribution < -0.4 is 0 Å². The first kappa shape index (κ1) is 15.5. The van der Waals surface area contributed by atoms with Crippen molar-refractivity contribution in [3.8, 4) is 0 Å². The standard InChI is InChI=1S/C18H26N2O2/c1-14-3-4-17(15(2)13-14)18(21)20-9-7-19(8-10-20)16-5-11-22-12-6-16/h3-4,13,16H,5-12H2,1-2H3. The van der Waals surface area contributed by atoms with Crippen molar-refractivity contribution in [1.82, 2.24) is 9.80 Å². The van der Waals surface area contributed by atoms with Gasteiger partial charge in [0.2, 0.25) is 0 Å². The van der Waals surface area contributed by atoms with Gasteiger partial charge in [0.25, 0.3) is 5.91 Å². The van der Waals surface area contributed by atoms with Gasteiger partial charge in [0.1, 0.15) is 0 Å². The van der Waals surface area contributed by atoms with Crippen LogP contribution in [0.4, 0.5) is 0 Å². The fraction of sp³-hybridized carbons (Fsp3) is 0.611. The van der Waals surface area contributed by atoms with E-state index in [1.54, 1.807) is 0 Å². The molecule has 0 aromatic heterocycles. The highest BCUT2D eigenvalue weighted by Crippen LogP contribution is 2.19. The SMILES string of the molecule is Cc1ccc(C(=O)N2CCN(C3CCOCC3)CC2)c(C)c1. The number of ether oxygens (including phenoxy) is 1. The molecular formula is C18H26N2O2. The summed E-state index contributed by atoms with van der Waals surface area (Å²) in [7, 11) is 0. The van der Waals surface area contributed by atoms with E-state index in [0.29, 0.717) is 6.04 Å². The molecular weight excluding hydrogens is 276 g/mol. The molecule has 2 aliphatic rings. The highest BCUT2D eigenvalue weighted by atomic mass is 16.5. The number of amides is 1. The summed E-state index contributed by atoms with van der Waals surface area (Å²) in [6.07, 6.45) is 2.26. The van der Waals surface area contributed by atoms with E-state index < -0.39 is 0 Å². The minimum atomic E-state index is 0.184. The highest BCUT2D eigenvalue weighted by Gasteiger charge is 2.28. The molecule has 1 aromatic carbocycles. The first-order valence-electron chi connectivity index (χ1n) is 8.33. The van der Waals surface area contributed by atoms with Crippen LogP contribution in [0.25, 0.3) is 0 Å². The topological polar surface area (TPSA) is 32.8 Å². The molecule has 1 aromatic rings. The van der Waals surface area contributed by atoms with E-state index in [0.717, 1.165) is 63.4 Å². The van der Waals surface area contributed by atoms with Crippen molar-refractivity contribution in [2.45, 2.75) is 32.7 Å². The van der Waals surface area contributed by atoms with E-state index in [4.69, 9.17) is 4.74 Å². The van der Waals surface area contributed by atoms with Crippen molar-refractivity contribution in [1.29, 1.82) is 0 Å². The van der Waals surface area contributed by atoms with E-state index in [1.165, 1.54) is 5.56 Å². The molecule has 2 saturated heterocycles. The average Bonchev–Trinajstić information content (AvgIpc) is 2.55. The Morgan fingerprint density at radius 1 is 1.09 bits per heavy atom. The number of rotatable bonds is 2. The first-order chi connectivity index (χ1) is 10.6. The lowest BCUT2D eigenvalue weighted by atomic mass is 10.0. The number of piperazine rings is 1. The van der Waals surface area contributed by atoms with E-state index in [2.05, 4.69) is 17.9 Å². The van der Waals surface area contributed by atoms with Gasteiger partial charge in [-0.05, 0) is 38.3 Å². The van der Waals surface area contributed by atoms with Gasteiger partial charge >= 0.3 is 0 Å². The molecule has 2 aliphatic heterocycles. The molecule has 1 amide bonds. The Balaban J connectivity index is 1.59. The number of benzene rings is 1. The maximum atomic E-state index is 12.7. The lowest BCUT2D eigenvalue weighted by molar-refractivity contribution is 0.0137. The van der Waals surface area contributed by atoms with Gasteiger partial charge < -0.3 is 9.64 Å². The third-order valence-corrected chi connectivity index (χ3v) is 4.92. The molecule has 4 heteroatoms. The van der Waals surface area contributed by atoms with E-state index in [-0.39, 0.29) is 5.91 Å². The van der Waals surface area contributed by atoms with Gasteiger partial charge in [-0.2, -0.15) is 0 Å². The summed E-state index contributed by atoms with van der Waals surface area (Å²) in [6, 6.07) is 6.73. The van der Waals surface area contributed by atoms with Crippen molar-refractivity contribution >= 4 is 5.91 Å². The highest BCUT2D eigenvalue weighted by molar-refractivity contribution is 5.95. The minimum absolute atomic E-state index is 0.184. The van der Waals surface area contributed by atoms with Crippen LogP contribution in [0.2, 0.25) is 0 Å². The second-order valence-electron chi connectivity index (χ2n) is 6.49. The molecule has 0 aliphatic carbocycles. The monoisotopic (exact) mass is 302 g/mol. The second-order valence-corrected chi connectivity index (χ2v) is 6.49. The normalized spacial score (nSPS) is 21.1. The van der Waals surface area contributed by atoms with Crippen molar-refractivity contribution in [3.63, 3.8) is 0 Å². The fourth-order valence-electron chi connectivity index (χ4n) is 3.56. The Morgan fingerprint density at radius 3 is 2.41 bits per heavy atom. The minimum Gasteiger partial charge on any atom is -0.381 e. The largest absolute Gasteiger partial charge is 0.381 e. The summed E-state index contributed by atoms with van der Waals surface area (Å²) < 4.78 is 5.44. The number of carbonyl (C=O) groups excluding carboxylic acids is 1. The fourth-order valence-corrected chi connectivity index (χ4v) is 3.56. The van der Waals surface area contributed by atoms with Crippen LogP contribution in [0.1, 0.15) is 34.3 Å². The molecule has 22 heavy (non-hydrogen) atoms. The van der Waals surface area contributed by atoms with Crippen LogP contribution in [-0.2, 0) is 4.74 Å². The number of nitrogens with zero attached hydrogens (tertiary/aromatic N) is 2. The first-order valence-corrected chi connectivity index (χ1v) is 8.33. The summed E-state index contributed by atoms with van der Waals surface area (Å²) in [5.74, 6) is 0.184. The number of hydrogen-bond acceptors (Lipinski definition) is 3. The lowest BCUT2D eigenvalue weighted by Gasteiger charge is -2.40. The number of aryl methyl sites for hydroxylation is 2. The van der Waals surface area contributed by atoms with Gasteiger partial charge in [0.05, 0.1) is 0 Å². The predicted octanol–water partition coefficient (Wildman–Crippen LogP) is 2.24. The summed E-state index contributed by atoms with van der Waals surface area (Å²) in [4.78, 5) is 17.2. The van der Waals surface area contributed by atoms with Crippen LogP contribution >= 0.6 is 0 Å². The van der Waals surface area contributed by atoms with Crippen LogP contribution in [0.3, 0.4) is 0 Å².